The minimum Gasteiger partial charge on any atom is -0.444 e. The Morgan fingerprint density at radius 2 is 2.30 bits per heavy atom. The van der Waals surface area contributed by atoms with Gasteiger partial charge in [-0.1, -0.05) is 0 Å². The van der Waals surface area contributed by atoms with E-state index in [1.165, 1.54) is 0 Å². The highest BCUT2D eigenvalue weighted by Gasteiger charge is 2.22. The highest BCUT2D eigenvalue weighted by Crippen LogP contribution is 2.14. The first-order valence-electron chi connectivity index (χ1n) is 6.80. The molecule has 0 N–H and O–H groups in total. The molecule has 7 nitrogen and oxygen atoms in total. The number of aryl methyl sites for hydroxylation is 2. The highest BCUT2D eigenvalue weighted by atomic mass is 16.5. The van der Waals surface area contributed by atoms with Crippen LogP contribution in [0.4, 0.5) is 0 Å². The Hall–Kier alpha value is -1.73. The summed E-state index contributed by atoms with van der Waals surface area (Å²) in [6, 6.07) is 0. The molecule has 0 saturated carbocycles. The summed E-state index contributed by atoms with van der Waals surface area (Å²) in [6.07, 6.45) is 3.38. The average molecular weight is 277 g/mol. The van der Waals surface area contributed by atoms with Gasteiger partial charge >= 0.3 is 0 Å². The monoisotopic (exact) mass is 277 g/mol. The van der Waals surface area contributed by atoms with Gasteiger partial charge in [0.25, 0.3) is 0 Å². The summed E-state index contributed by atoms with van der Waals surface area (Å²) >= 11 is 0. The summed E-state index contributed by atoms with van der Waals surface area (Å²) in [5.74, 6) is 1.67. The molecule has 2 aromatic rings. The van der Waals surface area contributed by atoms with Crippen molar-refractivity contribution in [1.82, 2.24) is 24.6 Å². The normalized spacial score (nSPS) is 20.4. The third-order valence-corrected chi connectivity index (χ3v) is 3.51. The lowest BCUT2D eigenvalue weighted by molar-refractivity contribution is -0.0423. The van der Waals surface area contributed by atoms with Crippen molar-refractivity contribution in [3.8, 4) is 0 Å². The predicted octanol–water partition coefficient (Wildman–Crippen LogP) is 0.784. The summed E-state index contributed by atoms with van der Waals surface area (Å²) in [7, 11) is 0. The predicted molar refractivity (Wildman–Crippen MR) is 71.0 cm³/mol. The second-order valence-corrected chi connectivity index (χ2v) is 5.09. The van der Waals surface area contributed by atoms with Gasteiger partial charge in [-0.2, -0.15) is 5.10 Å². The first-order valence-corrected chi connectivity index (χ1v) is 6.80. The number of nitrogens with zero attached hydrogens (tertiary/aromatic N) is 5. The number of hydrogen-bond donors (Lipinski definition) is 0. The van der Waals surface area contributed by atoms with Crippen molar-refractivity contribution >= 4 is 0 Å². The van der Waals surface area contributed by atoms with Crippen LogP contribution in [0.3, 0.4) is 0 Å². The molecule has 0 spiro atoms. The van der Waals surface area contributed by atoms with E-state index < -0.39 is 0 Å². The minimum absolute atomic E-state index is 0.127. The Balaban J connectivity index is 1.57. The van der Waals surface area contributed by atoms with E-state index in [0.717, 1.165) is 50.1 Å². The van der Waals surface area contributed by atoms with Crippen LogP contribution in [-0.2, 0) is 17.8 Å². The standard InChI is InChI=1S/C13H19N5O2/c1-10-11(2)20-13(16-10)7-17-3-4-19-12(5-17)6-18-9-14-8-15-18/h8-9,12H,3-7H2,1-2H3/t12-/m1/s1. The molecule has 2 aromatic heterocycles. The van der Waals surface area contributed by atoms with Crippen LogP contribution < -0.4 is 0 Å². The average Bonchev–Trinajstić information content (AvgIpc) is 3.01. The molecule has 0 aliphatic carbocycles. The smallest absolute Gasteiger partial charge is 0.208 e. The molecule has 1 saturated heterocycles. The number of ether oxygens (including phenoxy) is 1. The molecule has 0 unspecified atom stereocenters. The number of oxazole rings is 1. The molecule has 0 amide bonds. The van der Waals surface area contributed by atoms with E-state index in [4.69, 9.17) is 9.15 Å². The Morgan fingerprint density at radius 3 is 3.00 bits per heavy atom. The van der Waals surface area contributed by atoms with Crippen LogP contribution in [0, 0.1) is 13.8 Å². The molecule has 1 aliphatic heterocycles. The molecule has 0 radical (unpaired) electrons. The van der Waals surface area contributed by atoms with Gasteiger partial charge in [-0.25, -0.2) is 9.97 Å². The molecule has 1 fully saturated rings. The molecule has 1 aliphatic rings. The van der Waals surface area contributed by atoms with Crippen LogP contribution in [0.2, 0.25) is 0 Å². The van der Waals surface area contributed by atoms with Gasteiger partial charge in [-0.05, 0) is 13.8 Å². The fourth-order valence-corrected chi connectivity index (χ4v) is 2.37. The summed E-state index contributed by atoms with van der Waals surface area (Å²) < 4.78 is 13.2. The topological polar surface area (TPSA) is 69.2 Å². The molecule has 0 bridgehead atoms. The van der Waals surface area contributed by atoms with E-state index >= 15 is 0 Å². The van der Waals surface area contributed by atoms with Crippen molar-refractivity contribution in [2.75, 3.05) is 19.7 Å². The fraction of sp³-hybridized carbons (Fsp3) is 0.615. The highest BCUT2D eigenvalue weighted by molar-refractivity contribution is 5.05. The van der Waals surface area contributed by atoms with Crippen molar-refractivity contribution in [2.45, 2.75) is 33.0 Å². The fourth-order valence-electron chi connectivity index (χ4n) is 2.37. The van der Waals surface area contributed by atoms with Crippen molar-refractivity contribution < 1.29 is 9.15 Å². The van der Waals surface area contributed by atoms with Crippen LogP contribution in [-0.4, -0.2) is 50.4 Å². The summed E-state index contributed by atoms with van der Waals surface area (Å²) in [5.41, 5.74) is 0.965. The van der Waals surface area contributed by atoms with Gasteiger partial charge in [0.05, 0.1) is 31.5 Å². The Morgan fingerprint density at radius 1 is 1.40 bits per heavy atom. The molecule has 7 heteroatoms. The lowest BCUT2D eigenvalue weighted by Gasteiger charge is -2.31. The lowest BCUT2D eigenvalue weighted by Crippen LogP contribution is -2.43. The Bertz CT molecular complexity index is 532. The van der Waals surface area contributed by atoms with Crippen LogP contribution in [0.5, 0.6) is 0 Å². The maximum atomic E-state index is 5.77. The second-order valence-electron chi connectivity index (χ2n) is 5.09. The number of aromatic nitrogens is 4. The molecule has 3 heterocycles. The maximum Gasteiger partial charge on any atom is 0.208 e. The third kappa shape index (κ3) is 3.05. The quantitative estimate of drug-likeness (QED) is 0.822. The SMILES string of the molecule is Cc1nc(CN2CCO[C@@H](Cn3cncn3)C2)oc1C. The minimum atomic E-state index is 0.127. The van der Waals surface area contributed by atoms with Crippen molar-refractivity contribution in [1.29, 1.82) is 0 Å². The van der Waals surface area contributed by atoms with Crippen LogP contribution >= 0.6 is 0 Å². The van der Waals surface area contributed by atoms with Gasteiger partial charge in [-0.3, -0.25) is 9.58 Å². The zero-order valence-electron chi connectivity index (χ0n) is 11.8. The van der Waals surface area contributed by atoms with Gasteiger partial charge in [0.1, 0.15) is 18.4 Å². The van der Waals surface area contributed by atoms with Crippen molar-refractivity contribution in [3.63, 3.8) is 0 Å². The van der Waals surface area contributed by atoms with Gasteiger partial charge in [0.15, 0.2) is 0 Å². The van der Waals surface area contributed by atoms with Crippen LogP contribution in [0.15, 0.2) is 17.1 Å². The molecule has 3 rings (SSSR count). The van der Waals surface area contributed by atoms with Gasteiger partial charge in [0, 0.05) is 13.1 Å². The molecule has 108 valence electrons. The van der Waals surface area contributed by atoms with Gasteiger partial charge in [-0.15, -0.1) is 0 Å². The van der Waals surface area contributed by atoms with Crippen molar-refractivity contribution in [3.05, 3.63) is 30.0 Å². The zero-order chi connectivity index (χ0) is 13.9. The van der Waals surface area contributed by atoms with E-state index in [1.807, 2.05) is 13.8 Å². The van der Waals surface area contributed by atoms with E-state index in [1.54, 1.807) is 17.3 Å². The van der Waals surface area contributed by atoms with E-state index in [0.29, 0.717) is 0 Å². The van der Waals surface area contributed by atoms with E-state index in [2.05, 4.69) is 20.0 Å². The molecule has 0 aromatic carbocycles. The molecule has 20 heavy (non-hydrogen) atoms. The number of hydrogen-bond acceptors (Lipinski definition) is 6. The molecule has 1 atom stereocenters. The summed E-state index contributed by atoms with van der Waals surface area (Å²) in [6.45, 7) is 7.83. The first-order chi connectivity index (χ1) is 9.70. The number of morpholine rings is 1. The maximum absolute atomic E-state index is 5.77. The largest absolute Gasteiger partial charge is 0.444 e. The van der Waals surface area contributed by atoms with Gasteiger partial charge in [0.2, 0.25) is 5.89 Å². The molecular formula is C13H19N5O2. The Labute approximate surface area is 117 Å². The van der Waals surface area contributed by atoms with Crippen LogP contribution in [0.1, 0.15) is 17.3 Å². The summed E-state index contributed by atoms with van der Waals surface area (Å²) in [5, 5.41) is 4.11. The van der Waals surface area contributed by atoms with Crippen molar-refractivity contribution in [2.24, 2.45) is 0 Å². The Kier molecular flexibility index (Phi) is 3.79. The third-order valence-electron chi connectivity index (χ3n) is 3.51. The lowest BCUT2D eigenvalue weighted by atomic mass is 10.2. The zero-order valence-corrected chi connectivity index (χ0v) is 11.8. The first kappa shape index (κ1) is 13.3. The number of rotatable bonds is 4. The molecular weight excluding hydrogens is 258 g/mol. The van der Waals surface area contributed by atoms with E-state index in [-0.39, 0.29) is 6.10 Å². The van der Waals surface area contributed by atoms with E-state index in [9.17, 15) is 0 Å². The summed E-state index contributed by atoms with van der Waals surface area (Å²) in [4.78, 5) is 10.7. The van der Waals surface area contributed by atoms with Crippen LogP contribution in [0.25, 0.3) is 0 Å². The second kappa shape index (κ2) is 5.72. The van der Waals surface area contributed by atoms with Gasteiger partial charge < -0.3 is 9.15 Å².